The van der Waals surface area contributed by atoms with Crippen LogP contribution in [0.3, 0.4) is 0 Å². The molecule has 182 valence electrons. The number of nitrogens with zero attached hydrogens (tertiary/aromatic N) is 4. The number of benzene rings is 1. The van der Waals surface area contributed by atoms with Gasteiger partial charge in [0.25, 0.3) is 10.0 Å². The Morgan fingerprint density at radius 2 is 2.00 bits per heavy atom. The summed E-state index contributed by atoms with van der Waals surface area (Å²) in [4.78, 5) is 24.3. The fourth-order valence-electron chi connectivity index (χ4n) is 4.11. The molecule has 0 saturated carbocycles. The Bertz CT molecular complexity index is 1470. The van der Waals surface area contributed by atoms with Crippen LogP contribution in [0.25, 0.3) is 10.2 Å². The van der Waals surface area contributed by atoms with E-state index in [1.807, 2.05) is 30.3 Å². The maximum atomic E-state index is 14.0. The van der Waals surface area contributed by atoms with E-state index >= 15 is 0 Å². The van der Waals surface area contributed by atoms with E-state index in [1.165, 1.54) is 21.7 Å². The number of fused-ring (bicyclic) bond motifs is 1. The van der Waals surface area contributed by atoms with Gasteiger partial charge < -0.3 is 4.74 Å². The molecule has 0 radical (unpaired) electrons. The predicted molar refractivity (Wildman–Crippen MR) is 138 cm³/mol. The fraction of sp³-hybridized carbons (Fsp3) is 0.261. The smallest absolute Gasteiger partial charge is 0.253 e. The number of aromatic nitrogens is 2. The second-order valence-electron chi connectivity index (χ2n) is 7.92. The summed E-state index contributed by atoms with van der Waals surface area (Å²) >= 11 is 8.35. The SMILES string of the molecule is COc1cccc2sc(N(Cc3ccncc3)C(=O)C3CCCN3S(=O)(=O)c3ccc(Cl)s3)nc12. The number of carbonyl (C=O) groups excluding carboxylic acids is 1. The standard InChI is InChI=1S/C23H21ClN4O4S3/c1-32-17-5-2-6-18-21(17)26-23(33-18)27(14-15-9-11-25-12-10-15)22(29)16-4-3-13-28(16)35(30,31)20-8-7-19(24)34-20/h2,5-12,16H,3-4,13-14H2,1H3. The zero-order valence-corrected chi connectivity index (χ0v) is 21.8. The highest BCUT2D eigenvalue weighted by Gasteiger charge is 2.42. The van der Waals surface area contributed by atoms with Gasteiger partial charge in [-0.3, -0.25) is 14.7 Å². The van der Waals surface area contributed by atoms with Gasteiger partial charge in [-0.25, -0.2) is 13.4 Å². The minimum absolute atomic E-state index is 0.132. The Hall–Kier alpha value is -2.57. The first-order chi connectivity index (χ1) is 16.9. The van der Waals surface area contributed by atoms with Crippen LogP contribution in [0.5, 0.6) is 5.75 Å². The highest BCUT2D eigenvalue weighted by Crippen LogP contribution is 2.37. The molecule has 3 aromatic heterocycles. The van der Waals surface area contributed by atoms with Crippen LogP contribution in [0.15, 0.2) is 59.1 Å². The highest BCUT2D eigenvalue weighted by molar-refractivity contribution is 7.91. The zero-order chi connectivity index (χ0) is 24.6. The van der Waals surface area contributed by atoms with Crippen LogP contribution in [0.1, 0.15) is 18.4 Å². The predicted octanol–water partition coefficient (Wildman–Crippen LogP) is 4.80. The molecule has 0 N–H and O–H groups in total. The Kier molecular flexibility index (Phi) is 6.78. The van der Waals surface area contributed by atoms with E-state index in [4.69, 9.17) is 21.3 Å². The summed E-state index contributed by atoms with van der Waals surface area (Å²) in [5.41, 5.74) is 1.52. The maximum absolute atomic E-state index is 14.0. The Labute approximate surface area is 215 Å². The second-order valence-corrected chi connectivity index (χ2v) is 12.8. The van der Waals surface area contributed by atoms with Crippen molar-refractivity contribution in [3.8, 4) is 5.75 Å². The number of sulfonamides is 1. The quantitative estimate of drug-likeness (QED) is 0.329. The van der Waals surface area contributed by atoms with Crippen LogP contribution in [0.2, 0.25) is 4.34 Å². The van der Waals surface area contributed by atoms with Crippen LogP contribution in [-0.4, -0.2) is 48.3 Å². The number of pyridine rings is 1. The van der Waals surface area contributed by atoms with E-state index < -0.39 is 16.1 Å². The minimum Gasteiger partial charge on any atom is -0.494 e. The summed E-state index contributed by atoms with van der Waals surface area (Å²) in [6.07, 6.45) is 4.34. The Balaban J connectivity index is 1.54. The van der Waals surface area contributed by atoms with Gasteiger partial charge in [0, 0.05) is 18.9 Å². The van der Waals surface area contributed by atoms with Crippen LogP contribution in [0, 0.1) is 0 Å². The maximum Gasteiger partial charge on any atom is 0.253 e. The number of thiophene rings is 1. The van der Waals surface area contributed by atoms with E-state index in [0.29, 0.717) is 33.6 Å². The zero-order valence-electron chi connectivity index (χ0n) is 18.6. The van der Waals surface area contributed by atoms with Crippen molar-refractivity contribution in [3.05, 3.63) is 64.8 Å². The molecule has 4 aromatic rings. The van der Waals surface area contributed by atoms with Crippen molar-refractivity contribution in [1.29, 1.82) is 0 Å². The van der Waals surface area contributed by atoms with Crippen molar-refractivity contribution in [2.75, 3.05) is 18.6 Å². The van der Waals surface area contributed by atoms with Crippen LogP contribution >= 0.6 is 34.3 Å². The number of hydrogen-bond donors (Lipinski definition) is 0. The molecule has 1 aliphatic rings. The monoisotopic (exact) mass is 548 g/mol. The molecule has 1 fully saturated rings. The van der Waals surface area contributed by atoms with Gasteiger partial charge in [-0.05, 0) is 54.8 Å². The third kappa shape index (κ3) is 4.66. The van der Waals surface area contributed by atoms with Crippen molar-refractivity contribution >= 4 is 65.6 Å². The molecule has 4 heterocycles. The van der Waals surface area contributed by atoms with Crippen molar-refractivity contribution in [3.63, 3.8) is 0 Å². The first-order valence-electron chi connectivity index (χ1n) is 10.8. The van der Waals surface area contributed by atoms with Crippen molar-refractivity contribution in [2.45, 2.75) is 29.6 Å². The number of ether oxygens (including phenoxy) is 1. The number of rotatable bonds is 7. The molecule has 35 heavy (non-hydrogen) atoms. The molecule has 5 rings (SSSR count). The van der Waals surface area contributed by atoms with Gasteiger partial charge in [0.2, 0.25) is 5.91 Å². The summed E-state index contributed by atoms with van der Waals surface area (Å²) in [5.74, 6) is 0.296. The lowest BCUT2D eigenvalue weighted by Gasteiger charge is -2.28. The van der Waals surface area contributed by atoms with E-state index in [1.54, 1.807) is 30.5 Å². The van der Waals surface area contributed by atoms with E-state index in [2.05, 4.69) is 4.98 Å². The van der Waals surface area contributed by atoms with Crippen LogP contribution < -0.4 is 9.64 Å². The average Bonchev–Trinajstić information content (AvgIpc) is 3.62. The summed E-state index contributed by atoms with van der Waals surface area (Å²) in [6, 6.07) is 11.5. The summed E-state index contributed by atoms with van der Waals surface area (Å²) in [6.45, 7) is 0.504. The minimum atomic E-state index is -3.86. The molecular weight excluding hydrogens is 528 g/mol. The van der Waals surface area contributed by atoms with Gasteiger partial charge in [0.05, 0.1) is 22.7 Å². The fourth-order valence-corrected chi connectivity index (χ4v) is 8.36. The average molecular weight is 549 g/mol. The van der Waals surface area contributed by atoms with Crippen LogP contribution in [0.4, 0.5) is 5.13 Å². The highest BCUT2D eigenvalue weighted by atomic mass is 35.5. The third-order valence-electron chi connectivity index (χ3n) is 5.78. The van der Waals surface area contributed by atoms with Crippen molar-refractivity contribution in [1.82, 2.24) is 14.3 Å². The second kappa shape index (κ2) is 9.82. The third-order valence-corrected chi connectivity index (χ3v) is 10.4. The van der Waals surface area contributed by atoms with Gasteiger partial charge in [0.1, 0.15) is 21.5 Å². The van der Waals surface area contributed by atoms with Gasteiger partial charge in [-0.1, -0.05) is 29.0 Å². The molecule has 1 aromatic carbocycles. The van der Waals surface area contributed by atoms with Crippen LogP contribution in [-0.2, 0) is 21.4 Å². The summed E-state index contributed by atoms with van der Waals surface area (Å²) in [5, 5.41) is 0.481. The number of hydrogen-bond acceptors (Lipinski definition) is 8. The number of carbonyl (C=O) groups is 1. The number of para-hydroxylation sites is 1. The number of amides is 1. The molecule has 0 spiro atoms. The number of halogens is 1. The Morgan fingerprint density at radius 3 is 2.71 bits per heavy atom. The number of methoxy groups -OCH3 is 1. The Morgan fingerprint density at radius 1 is 1.20 bits per heavy atom. The van der Waals surface area contributed by atoms with E-state index in [9.17, 15) is 13.2 Å². The van der Waals surface area contributed by atoms with E-state index in [-0.39, 0.29) is 23.2 Å². The van der Waals surface area contributed by atoms with Gasteiger partial charge in [-0.15, -0.1) is 11.3 Å². The summed E-state index contributed by atoms with van der Waals surface area (Å²) in [7, 11) is -2.29. The largest absolute Gasteiger partial charge is 0.494 e. The normalized spacial score (nSPS) is 16.6. The molecule has 1 saturated heterocycles. The molecule has 0 bridgehead atoms. The molecule has 1 aliphatic heterocycles. The molecule has 1 unspecified atom stereocenters. The molecule has 0 aliphatic carbocycles. The molecule has 1 atom stereocenters. The van der Waals surface area contributed by atoms with Gasteiger partial charge in [0.15, 0.2) is 5.13 Å². The lowest BCUT2D eigenvalue weighted by atomic mass is 10.2. The molecular formula is C23H21ClN4O4S3. The molecule has 8 nitrogen and oxygen atoms in total. The van der Waals surface area contributed by atoms with Crippen molar-refractivity contribution in [2.24, 2.45) is 0 Å². The lowest BCUT2D eigenvalue weighted by molar-refractivity contribution is -0.121. The number of anilines is 1. The summed E-state index contributed by atoms with van der Waals surface area (Å²) < 4.78 is 34.9. The van der Waals surface area contributed by atoms with Gasteiger partial charge in [-0.2, -0.15) is 4.31 Å². The van der Waals surface area contributed by atoms with Gasteiger partial charge >= 0.3 is 0 Å². The first-order valence-corrected chi connectivity index (χ1v) is 14.2. The molecule has 1 amide bonds. The van der Waals surface area contributed by atoms with Crippen molar-refractivity contribution < 1.29 is 17.9 Å². The topological polar surface area (TPSA) is 92.7 Å². The molecule has 12 heteroatoms. The number of thiazole rings is 1. The lowest BCUT2D eigenvalue weighted by Crippen LogP contribution is -2.47. The van der Waals surface area contributed by atoms with E-state index in [0.717, 1.165) is 21.6 Å². The first kappa shape index (κ1) is 24.1.